The molecule has 1 unspecified atom stereocenters. The first-order valence-corrected chi connectivity index (χ1v) is 6.80. The summed E-state index contributed by atoms with van der Waals surface area (Å²) in [5.74, 6) is 1.97. The van der Waals surface area contributed by atoms with Crippen molar-refractivity contribution >= 4 is 0 Å². The average Bonchev–Trinajstić information content (AvgIpc) is 2.30. The summed E-state index contributed by atoms with van der Waals surface area (Å²) in [6.45, 7) is 8.77. The molecule has 2 heteroatoms. The maximum Gasteiger partial charge on any atom is 0.109 e. The van der Waals surface area contributed by atoms with Crippen LogP contribution in [-0.4, -0.2) is 19.2 Å². The van der Waals surface area contributed by atoms with E-state index in [0.717, 1.165) is 19.1 Å². The van der Waals surface area contributed by atoms with Crippen LogP contribution in [0.15, 0.2) is 11.8 Å². The van der Waals surface area contributed by atoms with Gasteiger partial charge >= 0.3 is 0 Å². The van der Waals surface area contributed by atoms with Crippen LogP contribution in [0.3, 0.4) is 0 Å². The molecule has 0 aromatic rings. The van der Waals surface area contributed by atoms with Crippen LogP contribution in [0.4, 0.5) is 0 Å². The van der Waals surface area contributed by atoms with Gasteiger partial charge in [0.1, 0.15) is 5.76 Å². The lowest BCUT2D eigenvalue weighted by Crippen LogP contribution is -2.33. The molecule has 1 rings (SSSR count). The number of hydrogen-bond acceptors (Lipinski definition) is 2. The van der Waals surface area contributed by atoms with Crippen LogP contribution in [0.5, 0.6) is 0 Å². The Bertz CT molecular complexity index is 211. The number of nitrogens with one attached hydrogen (secondary N) is 1. The molecule has 0 aliphatic carbocycles. The molecule has 1 N–H and O–H groups in total. The minimum absolute atomic E-state index is 0.447. The van der Waals surface area contributed by atoms with Gasteiger partial charge in [-0.2, -0.15) is 0 Å². The fourth-order valence-electron chi connectivity index (χ4n) is 1.98. The fraction of sp³-hybridized carbons (Fsp3) is 0.857. The monoisotopic (exact) mass is 225 g/mol. The van der Waals surface area contributed by atoms with Crippen molar-refractivity contribution in [2.75, 3.05) is 13.2 Å². The second-order valence-corrected chi connectivity index (χ2v) is 5.08. The van der Waals surface area contributed by atoms with Crippen LogP contribution in [0, 0.1) is 5.92 Å². The second kappa shape index (κ2) is 7.72. The van der Waals surface area contributed by atoms with Gasteiger partial charge in [-0.15, -0.1) is 0 Å². The molecule has 0 radical (unpaired) electrons. The predicted molar refractivity (Wildman–Crippen MR) is 69.4 cm³/mol. The van der Waals surface area contributed by atoms with Crippen LogP contribution in [-0.2, 0) is 4.74 Å². The van der Waals surface area contributed by atoms with E-state index >= 15 is 0 Å². The summed E-state index contributed by atoms with van der Waals surface area (Å²) in [6.07, 6.45) is 8.28. The van der Waals surface area contributed by atoms with Crippen LogP contribution in [0.2, 0.25) is 0 Å². The van der Waals surface area contributed by atoms with E-state index in [-0.39, 0.29) is 0 Å². The molecule has 0 amide bonds. The summed E-state index contributed by atoms with van der Waals surface area (Å²) in [5.41, 5.74) is 0. The van der Waals surface area contributed by atoms with E-state index in [9.17, 15) is 0 Å². The summed E-state index contributed by atoms with van der Waals surface area (Å²) in [5, 5.41) is 3.60. The molecule has 0 aromatic carbocycles. The number of rotatable bonds is 7. The van der Waals surface area contributed by atoms with Gasteiger partial charge in [0.25, 0.3) is 0 Å². The largest absolute Gasteiger partial charge is 0.497 e. The molecule has 94 valence electrons. The minimum Gasteiger partial charge on any atom is -0.497 e. The van der Waals surface area contributed by atoms with Gasteiger partial charge in [-0.1, -0.05) is 20.8 Å². The lowest BCUT2D eigenvalue weighted by molar-refractivity contribution is 0.163. The molecular weight excluding hydrogens is 198 g/mol. The van der Waals surface area contributed by atoms with Crippen LogP contribution >= 0.6 is 0 Å². The van der Waals surface area contributed by atoms with Gasteiger partial charge in [-0.3, -0.25) is 0 Å². The van der Waals surface area contributed by atoms with Gasteiger partial charge in [0.2, 0.25) is 0 Å². The van der Waals surface area contributed by atoms with Crippen molar-refractivity contribution in [2.45, 2.75) is 58.9 Å². The number of hydrogen-bond donors (Lipinski definition) is 1. The van der Waals surface area contributed by atoms with Crippen LogP contribution < -0.4 is 5.32 Å². The quantitative estimate of drug-likeness (QED) is 0.716. The molecule has 0 saturated heterocycles. The summed E-state index contributed by atoms with van der Waals surface area (Å²) >= 11 is 0. The topological polar surface area (TPSA) is 21.3 Å². The molecule has 0 bridgehead atoms. The molecule has 16 heavy (non-hydrogen) atoms. The fourth-order valence-corrected chi connectivity index (χ4v) is 1.98. The highest BCUT2D eigenvalue weighted by atomic mass is 16.5. The Kier molecular flexibility index (Phi) is 6.55. The van der Waals surface area contributed by atoms with Crippen molar-refractivity contribution in [1.82, 2.24) is 5.32 Å². The van der Waals surface area contributed by atoms with Crippen molar-refractivity contribution in [2.24, 2.45) is 5.92 Å². The third-order valence-electron chi connectivity index (χ3n) is 2.98. The molecule has 1 atom stereocenters. The molecule has 0 spiro atoms. The highest BCUT2D eigenvalue weighted by molar-refractivity contribution is 5.05. The summed E-state index contributed by atoms with van der Waals surface area (Å²) in [7, 11) is 0. The smallest absolute Gasteiger partial charge is 0.109 e. The SMILES string of the molecule is CCCNC(CCC(C)C)C1=CCCCO1. The summed E-state index contributed by atoms with van der Waals surface area (Å²) in [4.78, 5) is 0. The van der Waals surface area contributed by atoms with Crippen molar-refractivity contribution in [3.05, 3.63) is 11.8 Å². The van der Waals surface area contributed by atoms with Gasteiger partial charge in [-0.25, -0.2) is 0 Å². The van der Waals surface area contributed by atoms with E-state index in [2.05, 4.69) is 32.2 Å². The molecule has 1 heterocycles. The zero-order valence-electron chi connectivity index (χ0n) is 11.1. The van der Waals surface area contributed by atoms with Crippen molar-refractivity contribution in [3.63, 3.8) is 0 Å². The van der Waals surface area contributed by atoms with E-state index in [0.29, 0.717) is 6.04 Å². The van der Waals surface area contributed by atoms with Crippen LogP contribution in [0.1, 0.15) is 52.9 Å². The summed E-state index contributed by atoms with van der Waals surface area (Å²) in [6, 6.07) is 0.447. The molecule has 0 fully saturated rings. The second-order valence-electron chi connectivity index (χ2n) is 5.08. The number of ether oxygens (including phenoxy) is 1. The standard InChI is InChI=1S/C14H27NO/c1-4-10-15-13(9-8-12(2)3)14-7-5-6-11-16-14/h7,12-13,15H,4-6,8-11H2,1-3H3. The first-order chi connectivity index (χ1) is 7.74. The lowest BCUT2D eigenvalue weighted by Gasteiger charge is -2.25. The normalized spacial score (nSPS) is 18.1. The predicted octanol–water partition coefficient (Wildman–Crippen LogP) is 3.49. The van der Waals surface area contributed by atoms with E-state index < -0.39 is 0 Å². The molecule has 0 saturated carbocycles. The van der Waals surface area contributed by atoms with Gasteiger partial charge in [0.05, 0.1) is 12.6 Å². The maximum atomic E-state index is 5.77. The van der Waals surface area contributed by atoms with E-state index in [1.165, 1.54) is 37.9 Å². The van der Waals surface area contributed by atoms with Crippen molar-refractivity contribution in [1.29, 1.82) is 0 Å². The zero-order chi connectivity index (χ0) is 11.8. The Balaban J connectivity index is 2.44. The molecule has 1 aliphatic rings. The highest BCUT2D eigenvalue weighted by Gasteiger charge is 2.17. The molecule has 0 aromatic heterocycles. The Morgan fingerprint density at radius 2 is 2.19 bits per heavy atom. The van der Waals surface area contributed by atoms with E-state index in [4.69, 9.17) is 4.74 Å². The lowest BCUT2D eigenvalue weighted by atomic mass is 10.0. The Hall–Kier alpha value is -0.500. The maximum absolute atomic E-state index is 5.77. The van der Waals surface area contributed by atoms with Gasteiger partial charge in [0, 0.05) is 0 Å². The van der Waals surface area contributed by atoms with Crippen LogP contribution in [0.25, 0.3) is 0 Å². The van der Waals surface area contributed by atoms with Crippen molar-refractivity contribution < 1.29 is 4.74 Å². The zero-order valence-corrected chi connectivity index (χ0v) is 11.1. The first kappa shape index (κ1) is 13.6. The first-order valence-electron chi connectivity index (χ1n) is 6.80. The highest BCUT2D eigenvalue weighted by Crippen LogP contribution is 2.19. The average molecular weight is 225 g/mol. The third kappa shape index (κ3) is 5.02. The van der Waals surface area contributed by atoms with Crippen molar-refractivity contribution in [3.8, 4) is 0 Å². The summed E-state index contributed by atoms with van der Waals surface area (Å²) < 4.78 is 5.77. The van der Waals surface area contributed by atoms with E-state index in [1.807, 2.05) is 0 Å². The number of allylic oxidation sites excluding steroid dienone is 1. The Morgan fingerprint density at radius 1 is 1.38 bits per heavy atom. The molecular formula is C14H27NO. The van der Waals surface area contributed by atoms with Gasteiger partial charge in [-0.05, 0) is 50.6 Å². The Morgan fingerprint density at radius 3 is 2.75 bits per heavy atom. The van der Waals surface area contributed by atoms with Gasteiger partial charge < -0.3 is 10.1 Å². The minimum atomic E-state index is 0.447. The Labute approximate surface area is 100 Å². The van der Waals surface area contributed by atoms with Gasteiger partial charge in [0.15, 0.2) is 0 Å². The third-order valence-corrected chi connectivity index (χ3v) is 2.98. The molecule has 1 aliphatic heterocycles. The molecule has 2 nitrogen and oxygen atoms in total. The van der Waals surface area contributed by atoms with E-state index in [1.54, 1.807) is 0 Å².